The second-order valence-corrected chi connectivity index (χ2v) is 6.62. The SMILES string of the molecule is CCN(CC(=O)Nc1cccc(OC)c1)C(=O)CCc1ccc(C)cc1C. The molecule has 0 bridgehead atoms. The van der Waals surface area contributed by atoms with Crippen LogP contribution in [0.3, 0.4) is 0 Å². The maximum absolute atomic E-state index is 12.5. The normalized spacial score (nSPS) is 10.4. The van der Waals surface area contributed by atoms with Crippen molar-refractivity contribution >= 4 is 17.5 Å². The van der Waals surface area contributed by atoms with Crippen LogP contribution >= 0.6 is 0 Å². The van der Waals surface area contributed by atoms with Gasteiger partial charge in [0.2, 0.25) is 11.8 Å². The molecule has 144 valence electrons. The van der Waals surface area contributed by atoms with E-state index in [2.05, 4.69) is 37.4 Å². The highest BCUT2D eigenvalue weighted by Crippen LogP contribution is 2.17. The van der Waals surface area contributed by atoms with Crippen LogP contribution in [0.4, 0.5) is 5.69 Å². The Hall–Kier alpha value is -2.82. The molecule has 5 heteroatoms. The average Bonchev–Trinajstić information content (AvgIpc) is 2.65. The molecule has 0 aromatic heterocycles. The van der Waals surface area contributed by atoms with Crippen molar-refractivity contribution < 1.29 is 14.3 Å². The highest BCUT2D eigenvalue weighted by atomic mass is 16.5. The molecule has 0 aliphatic carbocycles. The molecule has 0 atom stereocenters. The molecule has 2 amide bonds. The van der Waals surface area contributed by atoms with Crippen molar-refractivity contribution in [1.82, 2.24) is 4.90 Å². The fraction of sp³-hybridized carbons (Fsp3) is 0.364. The van der Waals surface area contributed by atoms with Crippen molar-refractivity contribution in [3.05, 3.63) is 59.2 Å². The van der Waals surface area contributed by atoms with Gasteiger partial charge in [0, 0.05) is 24.7 Å². The number of amides is 2. The summed E-state index contributed by atoms with van der Waals surface area (Å²) in [5, 5.41) is 2.81. The molecule has 2 aromatic carbocycles. The van der Waals surface area contributed by atoms with Gasteiger partial charge in [-0.2, -0.15) is 0 Å². The van der Waals surface area contributed by atoms with Crippen molar-refractivity contribution in [3.8, 4) is 5.75 Å². The summed E-state index contributed by atoms with van der Waals surface area (Å²) >= 11 is 0. The molecular weight excluding hydrogens is 340 g/mol. The van der Waals surface area contributed by atoms with Gasteiger partial charge < -0.3 is 15.0 Å². The number of nitrogens with one attached hydrogen (secondary N) is 1. The van der Waals surface area contributed by atoms with Crippen LogP contribution in [0, 0.1) is 13.8 Å². The zero-order valence-electron chi connectivity index (χ0n) is 16.5. The maximum atomic E-state index is 12.5. The van der Waals surface area contributed by atoms with Crippen molar-refractivity contribution in [2.75, 3.05) is 25.5 Å². The third-order valence-electron chi connectivity index (χ3n) is 4.53. The number of hydrogen-bond acceptors (Lipinski definition) is 3. The summed E-state index contributed by atoms with van der Waals surface area (Å²) in [5.74, 6) is 0.438. The minimum Gasteiger partial charge on any atom is -0.497 e. The van der Waals surface area contributed by atoms with Crippen LogP contribution in [-0.2, 0) is 16.0 Å². The minimum absolute atomic E-state index is 0.0155. The fourth-order valence-electron chi connectivity index (χ4n) is 2.98. The van der Waals surface area contributed by atoms with E-state index in [-0.39, 0.29) is 18.4 Å². The molecule has 27 heavy (non-hydrogen) atoms. The molecule has 0 radical (unpaired) electrons. The van der Waals surface area contributed by atoms with Gasteiger partial charge in [0.25, 0.3) is 0 Å². The van der Waals surface area contributed by atoms with Gasteiger partial charge in [-0.3, -0.25) is 9.59 Å². The molecule has 5 nitrogen and oxygen atoms in total. The Morgan fingerprint density at radius 2 is 1.89 bits per heavy atom. The number of aryl methyl sites for hydroxylation is 3. The number of ether oxygens (including phenoxy) is 1. The van der Waals surface area contributed by atoms with Crippen molar-refractivity contribution in [2.45, 2.75) is 33.6 Å². The molecule has 0 saturated carbocycles. The topological polar surface area (TPSA) is 58.6 Å². The van der Waals surface area contributed by atoms with Gasteiger partial charge in [0.05, 0.1) is 13.7 Å². The van der Waals surface area contributed by atoms with E-state index in [1.54, 1.807) is 30.2 Å². The Morgan fingerprint density at radius 3 is 2.56 bits per heavy atom. The first-order valence-electron chi connectivity index (χ1n) is 9.20. The van der Waals surface area contributed by atoms with Gasteiger partial charge in [-0.25, -0.2) is 0 Å². The molecule has 0 spiro atoms. The standard InChI is InChI=1S/C22H28N2O3/c1-5-24(15-21(25)23-19-7-6-8-20(14-19)27-4)22(26)12-11-18-10-9-16(2)13-17(18)3/h6-10,13-14H,5,11-12,15H2,1-4H3,(H,23,25). The van der Waals surface area contributed by atoms with E-state index in [0.29, 0.717) is 30.8 Å². The summed E-state index contributed by atoms with van der Waals surface area (Å²) in [6, 6.07) is 13.4. The predicted octanol–water partition coefficient (Wildman–Crippen LogP) is 3.73. The summed E-state index contributed by atoms with van der Waals surface area (Å²) < 4.78 is 5.15. The van der Waals surface area contributed by atoms with Crippen LogP contribution in [0.1, 0.15) is 30.0 Å². The quantitative estimate of drug-likeness (QED) is 0.772. The monoisotopic (exact) mass is 368 g/mol. The molecule has 2 aromatic rings. The second kappa shape index (κ2) is 9.76. The zero-order chi connectivity index (χ0) is 19.8. The summed E-state index contributed by atoms with van der Waals surface area (Å²) in [5.41, 5.74) is 4.23. The predicted molar refractivity (Wildman–Crippen MR) is 108 cm³/mol. The number of likely N-dealkylation sites (N-methyl/N-ethyl adjacent to an activating group) is 1. The van der Waals surface area contributed by atoms with Crippen LogP contribution in [0.15, 0.2) is 42.5 Å². The fourth-order valence-corrected chi connectivity index (χ4v) is 2.98. The Morgan fingerprint density at radius 1 is 1.11 bits per heavy atom. The smallest absolute Gasteiger partial charge is 0.243 e. The molecule has 0 unspecified atom stereocenters. The number of nitrogens with zero attached hydrogens (tertiary/aromatic N) is 1. The Bertz CT molecular complexity index is 802. The van der Waals surface area contributed by atoms with Gasteiger partial charge in [-0.1, -0.05) is 29.8 Å². The summed E-state index contributed by atoms with van der Waals surface area (Å²) in [4.78, 5) is 26.4. The summed E-state index contributed by atoms with van der Waals surface area (Å²) in [7, 11) is 1.58. The summed E-state index contributed by atoms with van der Waals surface area (Å²) in [6.45, 7) is 6.54. The van der Waals surface area contributed by atoms with Gasteiger partial charge in [0.15, 0.2) is 0 Å². The van der Waals surface area contributed by atoms with E-state index in [1.807, 2.05) is 13.0 Å². The number of hydrogen-bond donors (Lipinski definition) is 1. The van der Waals surface area contributed by atoms with Crippen LogP contribution in [-0.4, -0.2) is 36.9 Å². The van der Waals surface area contributed by atoms with E-state index in [4.69, 9.17) is 4.74 Å². The molecule has 2 rings (SSSR count). The highest BCUT2D eigenvalue weighted by molar-refractivity contribution is 5.94. The lowest BCUT2D eigenvalue weighted by Gasteiger charge is -2.20. The molecule has 0 heterocycles. The first kappa shape index (κ1) is 20.5. The van der Waals surface area contributed by atoms with Crippen LogP contribution in [0.25, 0.3) is 0 Å². The number of carbonyl (C=O) groups is 2. The summed E-state index contributed by atoms with van der Waals surface area (Å²) in [6.07, 6.45) is 1.07. The number of carbonyl (C=O) groups excluding carboxylic acids is 2. The van der Waals surface area contributed by atoms with Gasteiger partial charge in [-0.05, 0) is 50.5 Å². The van der Waals surface area contributed by atoms with E-state index >= 15 is 0 Å². The van der Waals surface area contributed by atoms with Crippen LogP contribution < -0.4 is 10.1 Å². The maximum Gasteiger partial charge on any atom is 0.243 e. The lowest BCUT2D eigenvalue weighted by Crippen LogP contribution is -2.38. The van der Waals surface area contributed by atoms with Crippen LogP contribution in [0.2, 0.25) is 0 Å². The zero-order valence-corrected chi connectivity index (χ0v) is 16.5. The van der Waals surface area contributed by atoms with E-state index in [0.717, 1.165) is 0 Å². The minimum atomic E-state index is -0.218. The third-order valence-corrected chi connectivity index (χ3v) is 4.53. The Kier molecular flexibility index (Phi) is 7.41. The van der Waals surface area contributed by atoms with E-state index < -0.39 is 0 Å². The lowest BCUT2D eigenvalue weighted by atomic mass is 10.0. The lowest BCUT2D eigenvalue weighted by molar-refractivity contribution is -0.134. The highest BCUT2D eigenvalue weighted by Gasteiger charge is 2.16. The first-order chi connectivity index (χ1) is 12.9. The van der Waals surface area contributed by atoms with E-state index in [1.165, 1.54) is 16.7 Å². The third kappa shape index (κ3) is 6.13. The Balaban J connectivity index is 1.90. The second-order valence-electron chi connectivity index (χ2n) is 6.62. The van der Waals surface area contributed by atoms with Crippen molar-refractivity contribution in [1.29, 1.82) is 0 Å². The van der Waals surface area contributed by atoms with Crippen molar-refractivity contribution in [3.63, 3.8) is 0 Å². The average molecular weight is 368 g/mol. The first-order valence-corrected chi connectivity index (χ1v) is 9.20. The largest absolute Gasteiger partial charge is 0.497 e. The van der Waals surface area contributed by atoms with E-state index in [9.17, 15) is 9.59 Å². The number of benzene rings is 2. The number of rotatable bonds is 8. The number of methoxy groups -OCH3 is 1. The molecular formula is C22H28N2O3. The van der Waals surface area contributed by atoms with Crippen LogP contribution in [0.5, 0.6) is 5.75 Å². The molecule has 0 fully saturated rings. The molecule has 0 aliphatic heterocycles. The van der Waals surface area contributed by atoms with Gasteiger partial charge in [-0.15, -0.1) is 0 Å². The van der Waals surface area contributed by atoms with Gasteiger partial charge in [0.1, 0.15) is 5.75 Å². The Labute approximate surface area is 161 Å². The number of anilines is 1. The molecule has 1 N–H and O–H groups in total. The molecule has 0 saturated heterocycles. The molecule has 0 aliphatic rings. The van der Waals surface area contributed by atoms with Gasteiger partial charge >= 0.3 is 0 Å². The van der Waals surface area contributed by atoms with Crippen molar-refractivity contribution in [2.24, 2.45) is 0 Å².